The second-order valence-electron chi connectivity index (χ2n) is 6.43. The van der Waals surface area contributed by atoms with Crippen molar-refractivity contribution in [3.8, 4) is 5.75 Å². The van der Waals surface area contributed by atoms with Crippen molar-refractivity contribution in [1.82, 2.24) is 0 Å². The summed E-state index contributed by atoms with van der Waals surface area (Å²) >= 11 is 5.84. The normalized spacial score (nSPS) is 10.8. The maximum absolute atomic E-state index is 12.4. The van der Waals surface area contributed by atoms with Gasteiger partial charge in [0, 0.05) is 16.1 Å². The van der Waals surface area contributed by atoms with Crippen molar-refractivity contribution in [3.63, 3.8) is 0 Å². The summed E-state index contributed by atoms with van der Waals surface area (Å²) in [5, 5.41) is 0.579. The van der Waals surface area contributed by atoms with Gasteiger partial charge in [0.05, 0.1) is 6.10 Å². The maximum Gasteiger partial charge on any atom is 1.00 e. The fraction of sp³-hybridized carbons (Fsp3) is 0.300. The Morgan fingerprint density at radius 2 is 1.38 bits per heavy atom. The van der Waals surface area contributed by atoms with Crippen molar-refractivity contribution < 1.29 is 48.6 Å². The summed E-state index contributed by atoms with van der Waals surface area (Å²) in [6, 6.07) is 13.4. The number of hydrogen-bond acceptors (Lipinski definition) is 4. The first-order valence-corrected chi connectivity index (χ1v) is 8.37. The SMILES string of the molecule is CC(C)OC(=O)C(C)(C)Oc1ccc(C(=O)c2ccc(Cl)cc2)cc1.[Na+]. The summed E-state index contributed by atoms with van der Waals surface area (Å²) in [6.07, 6.45) is -0.213. The number of ether oxygens (including phenoxy) is 2. The summed E-state index contributed by atoms with van der Waals surface area (Å²) in [7, 11) is 0. The smallest absolute Gasteiger partial charge is 0.476 e. The van der Waals surface area contributed by atoms with E-state index in [-0.39, 0.29) is 41.4 Å². The number of carbonyl (C=O) groups is 2. The first-order chi connectivity index (χ1) is 11.7. The Morgan fingerprint density at radius 3 is 1.85 bits per heavy atom. The van der Waals surface area contributed by atoms with Gasteiger partial charge in [-0.05, 0) is 76.2 Å². The molecule has 0 atom stereocenters. The van der Waals surface area contributed by atoms with E-state index in [1.54, 1.807) is 76.2 Å². The van der Waals surface area contributed by atoms with Crippen LogP contribution in [0.5, 0.6) is 5.75 Å². The first-order valence-electron chi connectivity index (χ1n) is 7.99. The second-order valence-corrected chi connectivity index (χ2v) is 6.86. The van der Waals surface area contributed by atoms with Gasteiger partial charge in [-0.3, -0.25) is 4.79 Å². The van der Waals surface area contributed by atoms with E-state index in [4.69, 9.17) is 21.1 Å². The van der Waals surface area contributed by atoms with E-state index in [9.17, 15) is 9.59 Å². The Balaban J connectivity index is 0.00000338. The largest absolute Gasteiger partial charge is 1.00 e. The van der Waals surface area contributed by atoms with Gasteiger partial charge in [-0.2, -0.15) is 0 Å². The Kier molecular flexibility index (Phi) is 8.35. The van der Waals surface area contributed by atoms with Crippen LogP contribution in [-0.2, 0) is 9.53 Å². The van der Waals surface area contributed by atoms with Crippen LogP contribution in [0.4, 0.5) is 0 Å². The molecule has 0 N–H and O–H groups in total. The first kappa shape index (κ1) is 22.7. The number of rotatable bonds is 6. The molecule has 0 aliphatic heterocycles. The minimum absolute atomic E-state index is 0. The number of esters is 1. The molecule has 0 spiro atoms. The average molecular weight is 384 g/mol. The van der Waals surface area contributed by atoms with Gasteiger partial charge < -0.3 is 9.47 Å². The Hall–Kier alpha value is -1.33. The van der Waals surface area contributed by atoms with Crippen LogP contribution in [0.15, 0.2) is 48.5 Å². The molecule has 0 unspecified atom stereocenters. The second kappa shape index (κ2) is 9.56. The number of ketones is 1. The molecule has 132 valence electrons. The summed E-state index contributed by atoms with van der Waals surface area (Å²) < 4.78 is 10.9. The fourth-order valence-corrected chi connectivity index (χ4v) is 2.26. The third-order valence-corrected chi connectivity index (χ3v) is 3.68. The molecule has 0 aromatic heterocycles. The summed E-state index contributed by atoms with van der Waals surface area (Å²) in [4.78, 5) is 24.5. The molecule has 2 aromatic rings. The molecule has 4 nitrogen and oxygen atoms in total. The Labute approximate surface area is 181 Å². The molecule has 2 aromatic carbocycles. The van der Waals surface area contributed by atoms with Gasteiger partial charge in [0.2, 0.25) is 0 Å². The van der Waals surface area contributed by atoms with Gasteiger partial charge >= 0.3 is 35.5 Å². The van der Waals surface area contributed by atoms with Crippen molar-refractivity contribution in [3.05, 3.63) is 64.7 Å². The molecule has 0 heterocycles. The van der Waals surface area contributed by atoms with Gasteiger partial charge in [-0.15, -0.1) is 0 Å². The maximum atomic E-state index is 12.4. The quantitative estimate of drug-likeness (QED) is 0.433. The van der Waals surface area contributed by atoms with E-state index in [2.05, 4.69) is 0 Å². The van der Waals surface area contributed by atoms with E-state index in [0.717, 1.165) is 0 Å². The summed E-state index contributed by atoms with van der Waals surface area (Å²) in [6.45, 7) is 6.85. The molecular formula is C20H21ClNaO4+. The van der Waals surface area contributed by atoms with Crippen molar-refractivity contribution >= 4 is 23.4 Å². The zero-order valence-corrected chi connectivity index (χ0v) is 18.5. The van der Waals surface area contributed by atoms with Crippen molar-refractivity contribution in [2.45, 2.75) is 39.4 Å². The zero-order chi connectivity index (χ0) is 18.6. The molecule has 0 saturated heterocycles. The van der Waals surface area contributed by atoms with E-state index < -0.39 is 11.6 Å². The van der Waals surface area contributed by atoms with E-state index >= 15 is 0 Å². The van der Waals surface area contributed by atoms with Crippen LogP contribution >= 0.6 is 11.6 Å². The van der Waals surface area contributed by atoms with Gasteiger partial charge in [-0.25, -0.2) is 4.79 Å². The van der Waals surface area contributed by atoms with Crippen LogP contribution in [0.2, 0.25) is 5.02 Å². The molecule has 0 radical (unpaired) electrons. The minimum atomic E-state index is -1.12. The zero-order valence-electron chi connectivity index (χ0n) is 15.7. The molecule has 0 aliphatic carbocycles. The van der Waals surface area contributed by atoms with Crippen LogP contribution in [0.1, 0.15) is 43.6 Å². The summed E-state index contributed by atoms with van der Waals surface area (Å²) in [5.74, 6) is -0.0659. The predicted molar refractivity (Wildman–Crippen MR) is 97.3 cm³/mol. The third-order valence-electron chi connectivity index (χ3n) is 3.43. The molecule has 2 rings (SSSR count). The molecular weight excluding hydrogens is 363 g/mol. The number of carbonyl (C=O) groups excluding carboxylic acids is 2. The van der Waals surface area contributed by atoms with Crippen LogP contribution in [0.3, 0.4) is 0 Å². The van der Waals surface area contributed by atoms with Gasteiger partial charge in [-0.1, -0.05) is 11.6 Å². The minimum Gasteiger partial charge on any atom is -0.476 e. The molecule has 0 fully saturated rings. The number of benzene rings is 2. The van der Waals surface area contributed by atoms with Crippen molar-refractivity contribution in [1.29, 1.82) is 0 Å². The molecule has 0 aliphatic rings. The van der Waals surface area contributed by atoms with Gasteiger partial charge in [0.1, 0.15) is 5.75 Å². The van der Waals surface area contributed by atoms with E-state index in [0.29, 0.717) is 21.9 Å². The molecule has 0 amide bonds. The van der Waals surface area contributed by atoms with E-state index in [1.807, 2.05) is 0 Å². The fourth-order valence-electron chi connectivity index (χ4n) is 2.13. The van der Waals surface area contributed by atoms with Crippen LogP contribution in [-0.4, -0.2) is 23.5 Å². The number of hydrogen-bond donors (Lipinski definition) is 0. The topological polar surface area (TPSA) is 52.6 Å². The van der Waals surface area contributed by atoms with Crippen molar-refractivity contribution in [2.24, 2.45) is 0 Å². The van der Waals surface area contributed by atoms with Crippen LogP contribution < -0.4 is 34.3 Å². The molecule has 26 heavy (non-hydrogen) atoms. The van der Waals surface area contributed by atoms with Gasteiger partial charge in [0.15, 0.2) is 11.4 Å². The predicted octanol–water partition coefficient (Wildman–Crippen LogP) is 1.68. The monoisotopic (exact) mass is 383 g/mol. The third kappa shape index (κ3) is 6.13. The van der Waals surface area contributed by atoms with Crippen molar-refractivity contribution in [2.75, 3.05) is 0 Å². The number of halogens is 1. The van der Waals surface area contributed by atoms with Crippen LogP contribution in [0, 0.1) is 0 Å². The standard InChI is InChI=1S/C20H21ClO4.Na/c1-13(2)24-19(23)20(3,4)25-17-11-7-15(8-12-17)18(22)14-5-9-16(21)10-6-14;/h5-13H,1-4H3;/q;+1. The molecule has 0 bridgehead atoms. The Morgan fingerprint density at radius 1 is 0.923 bits per heavy atom. The van der Waals surface area contributed by atoms with E-state index in [1.165, 1.54) is 0 Å². The molecule has 0 saturated carbocycles. The summed E-state index contributed by atoms with van der Waals surface area (Å²) in [5.41, 5.74) is -0.0393. The Bertz CT molecular complexity index is 752. The molecule has 6 heteroatoms. The van der Waals surface area contributed by atoms with Gasteiger partial charge in [0.25, 0.3) is 0 Å². The van der Waals surface area contributed by atoms with Crippen LogP contribution in [0.25, 0.3) is 0 Å². The average Bonchev–Trinajstić information content (AvgIpc) is 2.54.